The standard InChI is InChI=1S/C14H22N2O2S/c1-2-18-14(17)10-16-8-11(6-12(15)9-16)7-13-4-3-5-19-13/h3-5,11-12H,2,6-10,15H2,1H3. The van der Waals surface area contributed by atoms with Gasteiger partial charge in [0.05, 0.1) is 13.2 Å². The van der Waals surface area contributed by atoms with Crippen LogP contribution in [0, 0.1) is 5.92 Å². The van der Waals surface area contributed by atoms with Gasteiger partial charge >= 0.3 is 5.97 Å². The van der Waals surface area contributed by atoms with Crippen molar-refractivity contribution in [2.24, 2.45) is 11.7 Å². The number of nitrogens with zero attached hydrogens (tertiary/aromatic N) is 1. The Balaban J connectivity index is 1.86. The van der Waals surface area contributed by atoms with Gasteiger partial charge in [-0.3, -0.25) is 9.69 Å². The first-order valence-corrected chi connectivity index (χ1v) is 7.71. The molecule has 0 aromatic carbocycles. The lowest BCUT2D eigenvalue weighted by atomic mass is 9.91. The molecule has 1 saturated heterocycles. The van der Waals surface area contributed by atoms with E-state index in [0.717, 1.165) is 25.9 Å². The van der Waals surface area contributed by atoms with Crippen LogP contribution in [0.5, 0.6) is 0 Å². The van der Waals surface area contributed by atoms with Crippen molar-refractivity contribution in [3.8, 4) is 0 Å². The van der Waals surface area contributed by atoms with Crippen molar-refractivity contribution >= 4 is 17.3 Å². The van der Waals surface area contributed by atoms with Crippen molar-refractivity contribution in [1.29, 1.82) is 0 Å². The average molecular weight is 282 g/mol. The van der Waals surface area contributed by atoms with Crippen LogP contribution in [0.2, 0.25) is 0 Å². The summed E-state index contributed by atoms with van der Waals surface area (Å²) < 4.78 is 5.00. The first-order valence-electron chi connectivity index (χ1n) is 6.83. The summed E-state index contributed by atoms with van der Waals surface area (Å²) in [6.07, 6.45) is 2.10. The van der Waals surface area contributed by atoms with E-state index in [1.807, 2.05) is 6.92 Å². The molecular formula is C14H22N2O2S. The number of piperidine rings is 1. The third-order valence-corrected chi connectivity index (χ3v) is 4.27. The van der Waals surface area contributed by atoms with Gasteiger partial charge in [0, 0.05) is 24.0 Å². The highest BCUT2D eigenvalue weighted by Crippen LogP contribution is 2.22. The molecule has 0 radical (unpaired) electrons. The zero-order valence-electron chi connectivity index (χ0n) is 11.4. The Morgan fingerprint density at radius 2 is 2.42 bits per heavy atom. The molecule has 0 bridgehead atoms. The Kier molecular flexibility index (Phi) is 5.36. The van der Waals surface area contributed by atoms with Crippen LogP contribution in [0.25, 0.3) is 0 Å². The van der Waals surface area contributed by atoms with E-state index >= 15 is 0 Å². The summed E-state index contributed by atoms with van der Waals surface area (Å²) in [6, 6.07) is 4.41. The molecule has 1 aliphatic rings. The predicted octanol–water partition coefficient (Wildman–Crippen LogP) is 1.50. The molecule has 5 heteroatoms. The van der Waals surface area contributed by atoms with Crippen molar-refractivity contribution < 1.29 is 9.53 Å². The summed E-state index contributed by atoms with van der Waals surface area (Å²) in [5.41, 5.74) is 6.10. The normalized spacial score (nSPS) is 24.3. The Morgan fingerprint density at radius 3 is 3.11 bits per heavy atom. The summed E-state index contributed by atoms with van der Waals surface area (Å²) >= 11 is 1.79. The van der Waals surface area contributed by atoms with E-state index < -0.39 is 0 Å². The van der Waals surface area contributed by atoms with Gasteiger partial charge in [0.15, 0.2) is 0 Å². The molecule has 0 aliphatic carbocycles. The third-order valence-electron chi connectivity index (χ3n) is 3.37. The summed E-state index contributed by atoms with van der Waals surface area (Å²) in [5.74, 6) is 0.392. The molecule has 0 spiro atoms. The first-order chi connectivity index (χ1) is 9.17. The molecular weight excluding hydrogens is 260 g/mol. The highest BCUT2D eigenvalue weighted by atomic mass is 32.1. The molecule has 0 saturated carbocycles. The number of likely N-dealkylation sites (tertiary alicyclic amines) is 1. The van der Waals surface area contributed by atoms with Gasteiger partial charge in [-0.2, -0.15) is 0 Å². The fourth-order valence-electron chi connectivity index (χ4n) is 2.73. The molecule has 1 aromatic heterocycles. The SMILES string of the molecule is CCOC(=O)CN1CC(N)CC(Cc2cccs2)C1. The maximum Gasteiger partial charge on any atom is 0.320 e. The van der Waals surface area contributed by atoms with E-state index in [1.54, 1.807) is 11.3 Å². The van der Waals surface area contributed by atoms with Gasteiger partial charge in [-0.05, 0) is 37.1 Å². The molecule has 2 unspecified atom stereocenters. The first kappa shape index (κ1) is 14.5. The van der Waals surface area contributed by atoms with Crippen molar-refractivity contribution in [2.45, 2.75) is 25.8 Å². The second-order valence-corrected chi connectivity index (χ2v) is 6.18. The molecule has 1 aromatic rings. The smallest absolute Gasteiger partial charge is 0.320 e. The van der Waals surface area contributed by atoms with E-state index in [9.17, 15) is 4.79 Å². The van der Waals surface area contributed by atoms with Gasteiger partial charge in [0.25, 0.3) is 0 Å². The Labute approximate surface area is 118 Å². The number of thiophene rings is 1. The van der Waals surface area contributed by atoms with Crippen LogP contribution in [-0.4, -0.2) is 43.2 Å². The van der Waals surface area contributed by atoms with E-state index in [4.69, 9.17) is 10.5 Å². The fraction of sp³-hybridized carbons (Fsp3) is 0.643. The fourth-order valence-corrected chi connectivity index (χ4v) is 3.55. The van der Waals surface area contributed by atoms with E-state index in [0.29, 0.717) is 19.1 Å². The lowest BCUT2D eigenvalue weighted by molar-refractivity contribution is -0.144. The van der Waals surface area contributed by atoms with Gasteiger partial charge in [-0.1, -0.05) is 6.07 Å². The Morgan fingerprint density at radius 1 is 1.58 bits per heavy atom. The zero-order valence-corrected chi connectivity index (χ0v) is 12.2. The largest absolute Gasteiger partial charge is 0.465 e. The number of ether oxygens (including phenoxy) is 1. The summed E-state index contributed by atoms with van der Waals surface area (Å²) in [5, 5.41) is 2.11. The minimum absolute atomic E-state index is 0.147. The molecule has 2 rings (SSSR count). The second kappa shape index (κ2) is 7.03. The number of carbonyl (C=O) groups excluding carboxylic acids is 1. The number of nitrogens with two attached hydrogens (primary N) is 1. The molecule has 19 heavy (non-hydrogen) atoms. The van der Waals surface area contributed by atoms with Crippen LogP contribution in [0.4, 0.5) is 0 Å². The Hall–Kier alpha value is -0.910. The lowest BCUT2D eigenvalue weighted by Gasteiger charge is -2.35. The van der Waals surface area contributed by atoms with Crippen molar-refractivity contribution in [3.05, 3.63) is 22.4 Å². The number of hydrogen-bond acceptors (Lipinski definition) is 5. The van der Waals surface area contributed by atoms with Gasteiger partial charge in [0.2, 0.25) is 0 Å². The summed E-state index contributed by atoms with van der Waals surface area (Å²) in [4.78, 5) is 15.1. The molecule has 1 aliphatic heterocycles. The number of esters is 1. The summed E-state index contributed by atoms with van der Waals surface area (Å²) in [6.45, 7) is 4.36. The van der Waals surface area contributed by atoms with Crippen LogP contribution < -0.4 is 5.73 Å². The molecule has 2 atom stereocenters. The van der Waals surface area contributed by atoms with E-state index in [2.05, 4.69) is 22.4 Å². The quantitative estimate of drug-likeness (QED) is 0.832. The predicted molar refractivity (Wildman–Crippen MR) is 77.2 cm³/mol. The van der Waals surface area contributed by atoms with Crippen LogP contribution in [0.15, 0.2) is 17.5 Å². The van der Waals surface area contributed by atoms with Gasteiger partial charge in [0.1, 0.15) is 0 Å². The minimum Gasteiger partial charge on any atom is -0.465 e. The zero-order chi connectivity index (χ0) is 13.7. The van der Waals surface area contributed by atoms with Gasteiger partial charge in [-0.15, -0.1) is 11.3 Å². The lowest BCUT2D eigenvalue weighted by Crippen LogP contribution is -2.49. The van der Waals surface area contributed by atoms with Crippen molar-refractivity contribution in [2.75, 3.05) is 26.2 Å². The topological polar surface area (TPSA) is 55.6 Å². The highest BCUT2D eigenvalue weighted by molar-refractivity contribution is 7.09. The van der Waals surface area contributed by atoms with Gasteiger partial charge < -0.3 is 10.5 Å². The van der Waals surface area contributed by atoms with Crippen molar-refractivity contribution in [3.63, 3.8) is 0 Å². The molecule has 2 heterocycles. The average Bonchev–Trinajstić information content (AvgIpc) is 2.81. The van der Waals surface area contributed by atoms with Crippen molar-refractivity contribution in [1.82, 2.24) is 4.90 Å². The third kappa shape index (κ3) is 4.60. The van der Waals surface area contributed by atoms with E-state index in [1.165, 1.54) is 4.88 Å². The molecule has 1 fully saturated rings. The number of carbonyl (C=O) groups is 1. The summed E-state index contributed by atoms with van der Waals surface area (Å²) in [7, 11) is 0. The van der Waals surface area contributed by atoms with Crippen LogP contribution in [0.3, 0.4) is 0 Å². The molecule has 106 valence electrons. The maximum absolute atomic E-state index is 11.5. The van der Waals surface area contributed by atoms with Crippen LogP contribution >= 0.6 is 11.3 Å². The molecule has 0 amide bonds. The van der Waals surface area contributed by atoms with E-state index in [-0.39, 0.29) is 12.0 Å². The number of rotatable bonds is 5. The van der Waals surface area contributed by atoms with Crippen LogP contribution in [-0.2, 0) is 16.0 Å². The maximum atomic E-state index is 11.5. The highest BCUT2D eigenvalue weighted by Gasteiger charge is 2.26. The number of hydrogen-bond donors (Lipinski definition) is 1. The minimum atomic E-state index is -0.147. The second-order valence-electron chi connectivity index (χ2n) is 5.14. The molecule has 4 nitrogen and oxygen atoms in total. The van der Waals surface area contributed by atoms with Gasteiger partial charge in [-0.25, -0.2) is 0 Å². The Bertz CT molecular complexity index is 394. The van der Waals surface area contributed by atoms with Crippen LogP contribution in [0.1, 0.15) is 18.2 Å². The monoisotopic (exact) mass is 282 g/mol. The molecule has 2 N–H and O–H groups in total.